The van der Waals surface area contributed by atoms with E-state index in [2.05, 4.69) is 110 Å². The molecule has 0 bridgehead atoms. The summed E-state index contributed by atoms with van der Waals surface area (Å²) in [5.74, 6) is 3.24. The Balaban J connectivity index is 1.75. The normalized spacial score (nSPS) is 11.3. The topological polar surface area (TPSA) is 27.7 Å². The van der Waals surface area contributed by atoms with Gasteiger partial charge in [-0.15, -0.1) is 13.2 Å². The van der Waals surface area contributed by atoms with E-state index in [0.717, 1.165) is 73.1 Å². The van der Waals surface area contributed by atoms with E-state index in [0.29, 0.717) is 12.8 Å². The predicted molar refractivity (Wildman–Crippen MR) is 183 cm³/mol. The van der Waals surface area contributed by atoms with Gasteiger partial charge in [0.05, 0.1) is 14.2 Å². The van der Waals surface area contributed by atoms with Gasteiger partial charge >= 0.3 is 0 Å². The minimum atomic E-state index is 0.660. The van der Waals surface area contributed by atoms with Gasteiger partial charge in [-0.25, -0.2) is 0 Å². The minimum Gasteiger partial charge on any atom is -0.496 e. The fourth-order valence-corrected chi connectivity index (χ4v) is 5.56. The van der Waals surface area contributed by atoms with Crippen LogP contribution in [-0.4, -0.2) is 14.2 Å². The first-order chi connectivity index (χ1) is 21.6. The van der Waals surface area contributed by atoms with Crippen molar-refractivity contribution in [1.82, 2.24) is 0 Å². The molecule has 0 N–H and O–H groups in total. The maximum Gasteiger partial charge on any atom is 0.130 e. The van der Waals surface area contributed by atoms with Crippen LogP contribution in [-0.2, 0) is 12.8 Å². The number of rotatable bonds is 12. The molecular weight excluding hydrogens is 540 g/mol. The van der Waals surface area contributed by atoms with E-state index in [9.17, 15) is 0 Å². The summed E-state index contributed by atoms with van der Waals surface area (Å²) in [4.78, 5) is 0. The summed E-state index contributed by atoms with van der Waals surface area (Å²) < 4.78 is 17.6. The highest BCUT2D eigenvalue weighted by Crippen LogP contribution is 2.40. The Morgan fingerprint density at radius 1 is 0.545 bits per heavy atom. The van der Waals surface area contributed by atoms with Crippen molar-refractivity contribution in [2.75, 3.05) is 14.2 Å². The molecule has 0 spiro atoms. The number of hydrogen-bond acceptors (Lipinski definition) is 3. The lowest BCUT2D eigenvalue weighted by Crippen LogP contribution is -2.01. The molecule has 0 saturated heterocycles. The van der Waals surface area contributed by atoms with E-state index in [4.69, 9.17) is 14.2 Å². The smallest absolute Gasteiger partial charge is 0.130 e. The van der Waals surface area contributed by atoms with Gasteiger partial charge in [-0.1, -0.05) is 84.9 Å². The Bertz CT molecular complexity index is 1780. The summed E-state index contributed by atoms with van der Waals surface area (Å²) in [6.45, 7) is 10.0. The first kappa shape index (κ1) is 30.2. The second-order valence-electron chi connectivity index (χ2n) is 10.6. The van der Waals surface area contributed by atoms with Crippen molar-refractivity contribution in [3.8, 4) is 23.0 Å². The molecule has 3 heteroatoms. The molecule has 5 aromatic rings. The molecule has 5 aromatic carbocycles. The molecule has 3 nitrogen and oxygen atoms in total. The van der Waals surface area contributed by atoms with E-state index in [-0.39, 0.29) is 0 Å². The molecule has 0 atom stereocenters. The van der Waals surface area contributed by atoms with Gasteiger partial charge in [-0.2, -0.15) is 0 Å². The van der Waals surface area contributed by atoms with E-state index in [1.807, 2.05) is 37.3 Å². The standard InChI is InChI=1S/C41H38O3/c1-6-14-32-27-34(20-23-38(32)43-5)40(30-16-10-8-11-17-30)41(31-18-12-9-13-19-31)35-21-24-39(33(28-35)15-7-2)44-36-22-25-37(42-4)29(3)26-36/h6-13,16-28H,1-2,14-15H2,3-5H3/b41-40-. The highest BCUT2D eigenvalue weighted by Gasteiger charge is 2.19. The fraction of sp³-hybridized carbons (Fsp3) is 0.122. The van der Waals surface area contributed by atoms with Crippen molar-refractivity contribution in [2.45, 2.75) is 19.8 Å². The first-order valence-corrected chi connectivity index (χ1v) is 14.8. The molecule has 44 heavy (non-hydrogen) atoms. The van der Waals surface area contributed by atoms with Crippen LogP contribution in [0.5, 0.6) is 23.0 Å². The highest BCUT2D eigenvalue weighted by atomic mass is 16.5. The second kappa shape index (κ2) is 14.3. The zero-order valence-corrected chi connectivity index (χ0v) is 25.7. The summed E-state index contributed by atoms with van der Waals surface area (Å²) in [6.07, 6.45) is 5.20. The minimum absolute atomic E-state index is 0.660. The Hall–Kier alpha value is -5.28. The molecule has 220 valence electrons. The molecule has 5 rings (SSSR count). The molecule has 0 saturated carbocycles. The van der Waals surface area contributed by atoms with Gasteiger partial charge in [-0.05, 0) is 112 Å². The van der Waals surface area contributed by atoms with Gasteiger partial charge < -0.3 is 14.2 Å². The number of hydrogen-bond donors (Lipinski definition) is 0. The van der Waals surface area contributed by atoms with Gasteiger partial charge in [0.2, 0.25) is 0 Å². The Kier molecular flexibility index (Phi) is 9.78. The second-order valence-corrected chi connectivity index (χ2v) is 10.6. The number of allylic oxidation sites excluding steroid dienone is 2. The van der Waals surface area contributed by atoms with Crippen LogP contribution in [0.25, 0.3) is 11.1 Å². The number of ether oxygens (including phenoxy) is 3. The van der Waals surface area contributed by atoms with Crippen molar-refractivity contribution in [3.05, 3.63) is 180 Å². The summed E-state index contributed by atoms with van der Waals surface area (Å²) in [5, 5.41) is 0. The van der Waals surface area contributed by atoms with E-state index in [1.54, 1.807) is 14.2 Å². The number of aryl methyl sites for hydroxylation is 1. The zero-order valence-electron chi connectivity index (χ0n) is 25.7. The predicted octanol–water partition coefficient (Wildman–Crippen LogP) is 10.3. The third-order valence-electron chi connectivity index (χ3n) is 7.62. The molecule has 0 heterocycles. The van der Waals surface area contributed by atoms with Gasteiger partial charge in [0, 0.05) is 0 Å². The average molecular weight is 579 g/mol. The maximum atomic E-state index is 6.44. The van der Waals surface area contributed by atoms with Crippen LogP contribution in [0.15, 0.2) is 141 Å². The van der Waals surface area contributed by atoms with Crippen LogP contribution in [0.1, 0.15) is 38.9 Å². The van der Waals surface area contributed by atoms with Crippen LogP contribution in [0.4, 0.5) is 0 Å². The Labute approximate surface area is 261 Å². The van der Waals surface area contributed by atoms with Crippen LogP contribution >= 0.6 is 0 Å². The molecule has 0 radical (unpaired) electrons. The van der Waals surface area contributed by atoms with Gasteiger partial charge in [0.1, 0.15) is 23.0 Å². The number of benzene rings is 5. The highest BCUT2D eigenvalue weighted by molar-refractivity contribution is 6.04. The molecule has 0 amide bonds. The summed E-state index contributed by atoms with van der Waals surface area (Å²) in [5.41, 5.74) is 9.86. The van der Waals surface area contributed by atoms with E-state index >= 15 is 0 Å². The third kappa shape index (κ3) is 6.68. The van der Waals surface area contributed by atoms with E-state index < -0.39 is 0 Å². The van der Waals surface area contributed by atoms with Crippen molar-refractivity contribution < 1.29 is 14.2 Å². The Morgan fingerprint density at radius 3 is 1.50 bits per heavy atom. The maximum absolute atomic E-state index is 6.44. The molecule has 0 aliphatic rings. The average Bonchev–Trinajstić information content (AvgIpc) is 3.05. The lowest BCUT2D eigenvalue weighted by atomic mass is 9.84. The molecule has 0 unspecified atom stereocenters. The summed E-state index contributed by atoms with van der Waals surface area (Å²) in [6, 6.07) is 39.9. The van der Waals surface area contributed by atoms with Gasteiger partial charge in [-0.3, -0.25) is 0 Å². The van der Waals surface area contributed by atoms with Gasteiger partial charge in [0.15, 0.2) is 0 Å². The van der Waals surface area contributed by atoms with Crippen LogP contribution < -0.4 is 14.2 Å². The molecular formula is C41H38O3. The summed E-state index contributed by atoms with van der Waals surface area (Å²) >= 11 is 0. The quantitative estimate of drug-likeness (QED) is 0.109. The van der Waals surface area contributed by atoms with Gasteiger partial charge in [0.25, 0.3) is 0 Å². The Morgan fingerprint density at radius 2 is 1.02 bits per heavy atom. The summed E-state index contributed by atoms with van der Waals surface area (Å²) in [7, 11) is 3.39. The van der Waals surface area contributed by atoms with Crippen molar-refractivity contribution in [3.63, 3.8) is 0 Å². The first-order valence-electron chi connectivity index (χ1n) is 14.8. The van der Waals surface area contributed by atoms with Crippen LogP contribution in [0.2, 0.25) is 0 Å². The SMILES string of the molecule is C=CCc1cc(/C(=C(/c2ccccc2)c2ccc(Oc3ccc(OC)c(C)c3)c(CC=C)c2)c2ccccc2)ccc1OC. The zero-order chi connectivity index (χ0) is 30.9. The van der Waals surface area contributed by atoms with Crippen molar-refractivity contribution >= 4 is 11.1 Å². The molecule has 0 aromatic heterocycles. The number of methoxy groups -OCH3 is 2. The molecule has 0 aliphatic carbocycles. The van der Waals surface area contributed by atoms with Crippen LogP contribution in [0, 0.1) is 6.92 Å². The molecule has 0 fully saturated rings. The van der Waals surface area contributed by atoms with Crippen molar-refractivity contribution in [1.29, 1.82) is 0 Å². The monoisotopic (exact) mass is 578 g/mol. The molecule has 0 aliphatic heterocycles. The van der Waals surface area contributed by atoms with E-state index in [1.165, 1.54) is 0 Å². The van der Waals surface area contributed by atoms with Crippen molar-refractivity contribution in [2.24, 2.45) is 0 Å². The largest absolute Gasteiger partial charge is 0.496 e. The lowest BCUT2D eigenvalue weighted by Gasteiger charge is -2.21. The third-order valence-corrected chi connectivity index (χ3v) is 7.62. The lowest BCUT2D eigenvalue weighted by molar-refractivity contribution is 0.409. The fourth-order valence-electron chi connectivity index (χ4n) is 5.56. The van der Waals surface area contributed by atoms with Crippen LogP contribution in [0.3, 0.4) is 0 Å².